The van der Waals surface area contributed by atoms with Crippen LogP contribution in [0.25, 0.3) is 0 Å². The van der Waals surface area contributed by atoms with Gasteiger partial charge in [-0.25, -0.2) is 0 Å². The van der Waals surface area contributed by atoms with Crippen LogP contribution in [-0.2, 0) is 6.42 Å². The van der Waals surface area contributed by atoms with E-state index in [-0.39, 0.29) is 12.6 Å². The number of piperidine rings is 1. The average Bonchev–Trinajstić information content (AvgIpc) is 2.40. The van der Waals surface area contributed by atoms with Gasteiger partial charge in [0.05, 0.1) is 24.9 Å². The number of aliphatic hydroxyl groups excluding tert-OH is 4. The molecule has 0 radical (unpaired) electrons. The zero-order valence-corrected chi connectivity index (χ0v) is 9.98. The van der Waals surface area contributed by atoms with Gasteiger partial charge in [0.1, 0.15) is 6.10 Å². The van der Waals surface area contributed by atoms with Gasteiger partial charge in [-0.2, -0.15) is 0 Å². The summed E-state index contributed by atoms with van der Waals surface area (Å²) in [6.45, 7) is -0.282. The maximum atomic E-state index is 9.93. The third-order valence-corrected chi connectivity index (χ3v) is 3.45. The van der Waals surface area contributed by atoms with Crippen molar-refractivity contribution in [2.45, 2.75) is 36.8 Å². The molecule has 1 heterocycles. The number of rotatable bonds is 3. The van der Waals surface area contributed by atoms with Crippen LogP contribution in [0.15, 0.2) is 30.3 Å². The van der Waals surface area contributed by atoms with Crippen molar-refractivity contribution in [1.29, 1.82) is 0 Å². The van der Waals surface area contributed by atoms with Crippen molar-refractivity contribution in [2.75, 3.05) is 6.61 Å². The van der Waals surface area contributed by atoms with Gasteiger partial charge in [0, 0.05) is 6.04 Å². The maximum Gasteiger partial charge on any atom is 0.109 e. The highest BCUT2D eigenvalue weighted by Gasteiger charge is 2.41. The molecule has 5 nitrogen and oxygen atoms in total. The Kier molecular flexibility index (Phi) is 4.31. The van der Waals surface area contributed by atoms with E-state index in [1.165, 1.54) is 0 Å². The molecule has 1 fully saturated rings. The molecule has 1 saturated heterocycles. The van der Waals surface area contributed by atoms with Crippen LogP contribution in [-0.4, -0.2) is 57.4 Å². The molecule has 5 atom stereocenters. The van der Waals surface area contributed by atoms with E-state index in [0.717, 1.165) is 5.56 Å². The standard InChI is InChI=1S/C13H19NO4/c15-7-10-12(17)13(18)11(16)9(14-10)6-8-4-2-1-3-5-8/h1-5,9-18H,6-7H2/t9-,10-,11+,12-,13-/m1/s1. The van der Waals surface area contributed by atoms with E-state index in [4.69, 9.17) is 5.11 Å². The first kappa shape index (κ1) is 13.5. The average molecular weight is 253 g/mol. The largest absolute Gasteiger partial charge is 0.395 e. The van der Waals surface area contributed by atoms with Crippen molar-refractivity contribution < 1.29 is 20.4 Å². The quantitative estimate of drug-likeness (QED) is 0.459. The second-order valence-corrected chi connectivity index (χ2v) is 4.72. The smallest absolute Gasteiger partial charge is 0.109 e. The van der Waals surface area contributed by atoms with Crippen molar-refractivity contribution in [3.05, 3.63) is 35.9 Å². The molecule has 0 unspecified atom stereocenters. The highest BCUT2D eigenvalue weighted by atomic mass is 16.4. The van der Waals surface area contributed by atoms with E-state index in [9.17, 15) is 15.3 Å². The van der Waals surface area contributed by atoms with Crippen LogP contribution in [0.5, 0.6) is 0 Å². The molecule has 0 aromatic heterocycles. The van der Waals surface area contributed by atoms with E-state index in [2.05, 4.69) is 5.32 Å². The van der Waals surface area contributed by atoms with Crippen LogP contribution in [0.1, 0.15) is 5.56 Å². The van der Waals surface area contributed by atoms with Gasteiger partial charge in [-0.3, -0.25) is 0 Å². The van der Waals surface area contributed by atoms with Gasteiger partial charge in [0.25, 0.3) is 0 Å². The van der Waals surface area contributed by atoms with Gasteiger partial charge in [-0.05, 0) is 12.0 Å². The summed E-state index contributed by atoms with van der Waals surface area (Å²) in [7, 11) is 0. The van der Waals surface area contributed by atoms with Crippen LogP contribution >= 0.6 is 0 Å². The summed E-state index contributed by atoms with van der Waals surface area (Å²) in [5.74, 6) is 0. The van der Waals surface area contributed by atoms with Gasteiger partial charge < -0.3 is 25.7 Å². The van der Waals surface area contributed by atoms with Gasteiger partial charge in [-0.1, -0.05) is 30.3 Å². The molecule has 0 spiro atoms. The first-order chi connectivity index (χ1) is 8.63. The lowest BCUT2D eigenvalue weighted by molar-refractivity contribution is -0.119. The second kappa shape index (κ2) is 5.77. The summed E-state index contributed by atoms with van der Waals surface area (Å²) in [5.41, 5.74) is 1.02. The Morgan fingerprint density at radius 1 is 0.889 bits per heavy atom. The topological polar surface area (TPSA) is 93.0 Å². The van der Waals surface area contributed by atoms with E-state index in [1.54, 1.807) is 0 Å². The van der Waals surface area contributed by atoms with Crippen molar-refractivity contribution in [1.82, 2.24) is 5.32 Å². The summed E-state index contributed by atoms with van der Waals surface area (Å²) < 4.78 is 0. The maximum absolute atomic E-state index is 9.93. The van der Waals surface area contributed by atoms with E-state index >= 15 is 0 Å². The summed E-state index contributed by atoms with van der Waals surface area (Å²) in [4.78, 5) is 0. The summed E-state index contributed by atoms with van der Waals surface area (Å²) in [5, 5.41) is 41.4. The molecular formula is C13H19NO4. The fourth-order valence-corrected chi connectivity index (χ4v) is 2.36. The molecule has 1 aromatic carbocycles. The predicted octanol–water partition coefficient (Wildman–Crippen LogP) is -1.36. The zero-order chi connectivity index (χ0) is 13.1. The number of hydrogen-bond acceptors (Lipinski definition) is 5. The molecule has 0 aliphatic carbocycles. The summed E-state index contributed by atoms with van der Waals surface area (Å²) in [6, 6.07) is 8.57. The van der Waals surface area contributed by atoms with Crippen LogP contribution in [0, 0.1) is 0 Å². The molecule has 100 valence electrons. The molecule has 0 saturated carbocycles. The van der Waals surface area contributed by atoms with Crippen LogP contribution in [0.2, 0.25) is 0 Å². The number of hydrogen-bond donors (Lipinski definition) is 5. The van der Waals surface area contributed by atoms with E-state index < -0.39 is 24.4 Å². The predicted molar refractivity (Wildman–Crippen MR) is 66.0 cm³/mol. The Bertz CT molecular complexity index is 371. The Hall–Kier alpha value is -0.980. The Morgan fingerprint density at radius 2 is 1.50 bits per heavy atom. The monoisotopic (exact) mass is 253 g/mol. The van der Waals surface area contributed by atoms with Gasteiger partial charge >= 0.3 is 0 Å². The van der Waals surface area contributed by atoms with Crippen molar-refractivity contribution in [3.8, 4) is 0 Å². The molecule has 0 amide bonds. The van der Waals surface area contributed by atoms with Crippen LogP contribution in [0.4, 0.5) is 0 Å². The van der Waals surface area contributed by atoms with Gasteiger partial charge in [0.15, 0.2) is 0 Å². The molecule has 18 heavy (non-hydrogen) atoms. The second-order valence-electron chi connectivity index (χ2n) is 4.72. The highest BCUT2D eigenvalue weighted by Crippen LogP contribution is 2.18. The van der Waals surface area contributed by atoms with Crippen molar-refractivity contribution in [3.63, 3.8) is 0 Å². The lowest BCUT2D eigenvalue weighted by Gasteiger charge is -2.41. The lowest BCUT2D eigenvalue weighted by atomic mass is 9.87. The Labute approximate surface area is 106 Å². The third kappa shape index (κ3) is 2.71. The Morgan fingerprint density at radius 3 is 2.11 bits per heavy atom. The van der Waals surface area contributed by atoms with E-state index in [1.807, 2.05) is 30.3 Å². The molecule has 1 aliphatic heterocycles. The fourth-order valence-electron chi connectivity index (χ4n) is 2.36. The minimum atomic E-state index is -1.24. The zero-order valence-electron chi connectivity index (χ0n) is 9.98. The fraction of sp³-hybridized carbons (Fsp3) is 0.538. The first-order valence-electron chi connectivity index (χ1n) is 6.08. The third-order valence-electron chi connectivity index (χ3n) is 3.45. The van der Waals surface area contributed by atoms with Gasteiger partial charge in [0.2, 0.25) is 0 Å². The molecule has 0 bridgehead atoms. The SMILES string of the molecule is OC[C@H]1N[C@H](Cc2ccccc2)[C@H](O)[C@@H](O)[C@@H]1O. The molecule has 5 heteroatoms. The normalized spacial score (nSPS) is 36.6. The molecule has 5 N–H and O–H groups in total. The highest BCUT2D eigenvalue weighted by molar-refractivity contribution is 5.17. The Balaban J connectivity index is 2.08. The van der Waals surface area contributed by atoms with Crippen molar-refractivity contribution >= 4 is 0 Å². The lowest BCUT2D eigenvalue weighted by Crippen LogP contribution is -2.66. The molecule has 2 rings (SSSR count). The molecular weight excluding hydrogens is 234 g/mol. The summed E-state index contributed by atoms with van der Waals surface area (Å²) in [6.07, 6.45) is -2.92. The van der Waals surface area contributed by atoms with Crippen LogP contribution < -0.4 is 5.32 Å². The molecule has 1 aromatic rings. The minimum absolute atomic E-state index is 0.282. The van der Waals surface area contributed by atoms with Gasteiger partial charge in [-0.15, -0.1) is 0 Å². The summed E-state index contributed by atoms with van der Waals surface area (Å²) >= 11 is 0. The van der Waals surface area contributed by atoms with E-state index in [0.29, 0.717) is 6.42 Å². The van der Waals surface area contributed by atoms with Crippen LogP contribution in [0.3, 0.4) is 0 Å². The minimum Gasteiger partial charge on any atom is -0.395 e. The van der Waals surface area contributed by atoms with Crippen molar-refractivity contribution in [2.24, 2.45) is 0 Å². The first-order valence-corrected chi connectivity index (χ1v) is 6.08. The number of aliphatic hydroxyl groups is 4. The number of nitrogens with one attached hydrogen (secondary N) is 1. The molecule has 1 aliphatic rings. The number of benzene rings is 1.